The monoisotopic (exact) mass is 445 g/mol. The summed E-state index contributed by atoms with van der Waals surface area (Å²) in [5.74, 6) is -0.324. The van der Waals surface area contributed by atoms with Crippen molar-refractivity contribution in [1.82, 2.24) is 9.88 Å². The predicted molar refractivity (Wildman–Crippen MR) is 117 cm³/mol. The molecule has 2 aliphatic rings. The van der Waals surface area contributed by atoms with Gasteiger partial charge in [0.15, 0.2) is 0 Å². The van der Waals surface area contributed by atoms with E-state index in [0.29, 0.717) is 31.6 Å². The molecule has 2 aromatic rings. The van der Waals surface area contributed by atoms with Crippen LogP contribution in [0, 0.1) is 6.92 Å². The van der Waals surface area contributed by atoms with Gasteiger partial charge in [-0.05, 0) is 48.9 Å². The number of nitrogens with one attached hydrogen (secondary N) is 1. The van der Waals surface area contributed by atoms with Crippen LogP contribution in [0.15, 0.2) is 36.4 Å². The van der Waals surface area contributed by atoms with Crippen molar-refractivity contribution in [3.8, 4) is 5.88 Å². The number of ether oxygens (including phenoxy) is 1. The maximum Gasteiger partial charge on any atom is 0.388 e. The van der Waals surface area contributed by atoms with Crippen LogP contribution in [0.25, 0.3) is 0 Å². The Balaban J connectivity index is 1.66. The molecule has 1 aliphatic heterocycles. The topological polar surface area (TPSA) is 74.7 Å². The van der Waals surface area contributed by atoms with Gasteiger partial charge in [-0.3, -0.25) is 9.69 Å². The van der Waals surface area contributed by atoms with E-state index < -0.39 is 12.0 Å². The van der Waals surface area contributed by atoms with Crippen molar-refractivity contribution >= 4 is 11.6 Å². The van der Waals surface area contributed by atoms with Gasteiger partial charge in [0.1, 0.15) is 5.69 Å². The van der Waals surface area contributed by atoms with Crippen LogP contribution in [-0.2, 0) is 10.2 Å². The number of hydrogen-bond acceptors (Lipinski definition) is 5. The van der Waals surface area contributed by atoms with Crippen LogP contribution in [0.5, 0.6) is 5.88 Å². The highest BCUT2D eigenvalue weighted by Crippen LogP contribution is 2.50. The van der Waals surface area contributed by atoms with Crippen LogP contribution in [0.1, 0.15) is 49.4 Å². The fraction of sp³-hybridized carbons (Fsp3) is 0.500. The van der Waals surface area contributed by atoms with Gasteiger partial charge in [0, 0.05) is 24.8 Å². The second kappa shape index (κ2) is 8.75. The molecule has 1 saturated carbocycles. The lowest BCUT2D eigenvalue weighted by Crippen LogP contribution is -2.65. The molecule has 1 aromatic heterocycles. The van der Waals surface area contributed by atoms with Gasteiger partial charge in [-0.25, -0.2) is 4.98 Å². The second-order valence-electron chi connectivity index (χ2n) is 9.13. The second-order valence-corrected chi connectivity index (χ2v) is 9.13. The molecule has 172 valence electrons. The first kappa shape index (κ1) is 22.6. The van der Waals surface area contributed by atoms with Crippen LogP contribution in [-0.4, -0.2) is 52.7 Å². The van der Waals surface area contributed by atoms with Gasteiger partial charge in [0.2, 0.25) is 11.8 Å². The van der Waals surface area contributed by atoms with Crippen LogP contribution in [0.4, 0.5) is 14.5 Å². The molecule has 0 radical (unpaired) electrons. The van der Waals surface area contributed by atoms with Gasteiger partial charge in [0.05, 0.1) is 11.5 Å². The number of anilines is 1. The molecule has 0 spiro atoms. The molecule has 0 unspecified atom stereocenters. The Kier molecular flexibility index (Phi) is 6.18. The number of aromatic nitrogens is 1. The highest BCUT2D eigenvalue weighted by Gasteiger charge is 2.55. The highest BCUT2D eigenvalue weighted by atomic mass is 19.3. The molecular formula is C24H29F2N3O3. The van der Waals surface area contributed by atoms with Gasteiger partial charge in [-0.1, -0.05) is 38.1 Å². The number of rotatable bonds is 7. The van der Waals surface area contributed by atoms with E-state index in [4.69, 9.17) is 0 Å². The Hall–Kier alpha value is -2.58. The van der Waals surface area contributed by atoms with Crippen molar-refractivity contribution in [2.45, 2.75) is 63.7 Å². The van der Waals surface area contributed by atoms with Crippen molar-refractivity contribution < 1.29 is 23.4 Å². The quantitative estimate of drug-likeness (QED) is 0.678. The molecule has 0 bridgehead atoms. The minimum atomic E-state index is -3.04. The Morgan fingerprint density at radius 3 is 2.53 bits per heavy atom. The van der Waals surface area contributed by atoms with Crippen molar-refractivity contribution in [2.75, 3.05) is 18.4 Å². The van der Waals surface area contributed by atoms with E-state index in [-0.39, 0.29) is 35.5 Å². The maximum absolute atomic E-state index is 13.7. The number of nitrogens with zero attached hydrogens (tertiary/aromatic N) is 2. The lowest BCUT2D eigenvalue weighted by molar-refractivity contribution is -0.131. The molecular weight excluding hydrogens is 416 g/mol. The molecule has 0 atom stereocenters. The number of aliphatic hydroxyl groups is 1. The van der Waals surface area contributed by atoms with Crippen LogP contribution in [0.2, 0.25) is 0 Å². The Labute approximate surface area is 186 Å². The fourth-order valence-corrected chi connectivity index (χ4v) is 4.80. The largest absolute Gasteiger partial charge is 0.415 e. The molecule has 2 fully saturated rings. The zero-order valence-corrected chi connectivity index (χ0v) is 18.5. The number of amides is 1. The zero-order chi connectivity index (χ0) is 23.0. The Morgan fingerprint density at radius 2 is 1.91 bits per heavy atom. The van der Waals surface area contributed by atoms with Gasteiger partial charge in [-0.2, -0.15) is 8.78 Å². The molecule has 1 saturated heterocycles. The van der Waals surface area contributed by atoms with Crippen LogP contribution < -0.4 is 10.1 Å². The number of aliphatic hydroxyl groups excluding tert-OH is 1. The summed E-state index contributed by atoms with van der Waals surface area (Å²) in [5.41, 5.74) is 1.90. The van der Waals surface area contributed by atoms with Gasteiger partial charge >= 0.3 is 6.61 Å². The third kappa shape index (κ3) is 4.21. The van der Waals surface area contributed by atoms with E-state index in [1.807, 2.05) is 24.3 Å². The predicted octanol–water partition coefficient (Wildman–Crippen LogP) is 3.83. The highest BCUT2D eigenvalue weighted by molar-refractivity contribution is 6.01. The first-order valence-corrected chi connectivity index (χ1v) is 10.9. The third-order valence-corrected chi connectivity index (χ3v) is 6.56. The van der Waals surface area contributed by atoms with Crippen molar-refractivity contribution in [3.05, 3.63) is 53.2 Å². The zero-order valence-electron chi connectivity index (χ0n) is 18.5. The lowest BCUT2D eigenvalue weighted by Gasteiger charge is -2.55. The smallest absolute Gasteiger partial charge is 0.388 e. The van der Waals surface area contributed by atoms with E-state index in [1.54, 1.807) is 19.1 Å². The average molecular weight is 446 g/mol. The Morgan fingerprint density at radius 1 is 1.22 bits per heavy atom. The molecule has 1 aliphatic carbocycles. The summed E-state index contributed by atoms with van der Waals surface area (Å²) in [5, 5.41) is 12.5. The number of pyridine rings is 1. The van der Waals surface area contributed by atoms with E-state index in [2.05, 4.69) is 33.8 Å². The first-order chi connectivity index (χ1) is 15.2. The summed E-state index contributed by atoms with van der Waals surface area (Å²) in [6.07, 6.45) is 0.883. The molecule has 2 heterocycles. The summed E-state index contributed by atoms with van der Waals surface area (Å²) < 4.78 is 30.4. The number of carbonyl (C=O) groups is 1. The number of hydrogen-bond donors (Lipinski definition) is 2. The molecule has 1 amide bonds. The summed E-state index contributed by atoms with van der Waals surface area (Å²) in [4.78, 5) is 19.9. The van der Waals surface area contributed by atoms with E-state index >= 15 is 0 Å². The lowest BCUT2D eigenvalue weighted by atomic mass is 9.58. The minimum Gasteiger partial charge on any atom is -0.415 e. The number of β-amino-alcohol motifs (C(OH)–C–C–N with tert-alkyl or cyclic N) is 1. The van der Waals surface area contributed by atoms with Crippen molar-refractivity contribution in [2.24, 2.45) is 0 Å². The Bertz CT molecular complexity index is 986. The molecule has 6 nitrogen and oxygen atoms in total. The minimum absolute atomic E-state index is 0.130. The molecule has 1 aromatic carbocycles. The van der Waals surface area contributed by atoms with E-state index in [0.717, 1.165) is 11.1 Å². The van der Waals surface area contributed by atoms with Gasteiger partial charge in [0.25, 0.3) is 0 Å². The maximum atomic E-state index is 13.7. The van der Waals surface area contributed by atoms with E-state index in [1.165, 1.54) is 0 Å². The standard InChI is InChI=1S/C24H29F2N3O3/c1-14(2)18-6-4-5-7-19(18)24(10-16(11-24)29-12-17(30)13-29)22(31)28-20-9-8-15(3)27-21(20)32-23(25)26/h4-9,14,16-17,23,30H,10-13H2,1-3H3,(H,28,31). The number of carbonyl (C=O) groups excluding carboxylic acids is 1. The normalized spacial score (nSPS) is 23.7. The molecule has 4 rings (SSSR count). The number of aryl methyl sites for hydroxylation is 1. The van der Waals surface area contributed by atoms with Crippen molar-refractivity contribution in [3.63, 3.8) is 0 Å². The molecule has 2 N–H and O–H groups in total. The SMILES string of the molecule is Cc1ccc(NC(=O)C2(c3ccccc3C(C)C)CC(N3CC(O)C3)C2)c(OC(F)F)n1. The first-order valence-electron chi connectivity index (χ1n) is 10.9. The summed E-state index contributed by atoms with van der Waals surface area (Å²) in [6.45, 7) is 4.03. The summed E-state index contributed by atoms with van der Waals surface area (Å²) >= 11 is 0. The van der Waals surface area contributed by atoms with Gasteiger partial charge < -0.3 is 15.2 Å². The molecule has 32 heavy (non-hydrogen) atoms. The third-order valence-electron chi connectivity index (χ3n) is 6.56. The van der Waals surface area contributed by atoms with Crippen LogP contribution >= 0.6 is 0 Å². The summed E-state index contributed by atoms with van der Waals surface area (Å²) in [7, 11) is 0. The number of benzene rings is 1. The molecule has 8 heteroatoms. The number of alkyl halides is 2. The van der Waals surface area contributed by atoms with Gasteiger partial charge in [-0.15, -0.1) is 0 Å². The average Bonchev–Trinajstić information content (AvgIpc) is 2.67. The van der Waals surface area contributed by atoms with Crippen molar-refractivity contribution in [1.29, 1.82) is 0 Å². The number of halogens is 2. The van der Waals surface area contributed by atoms with E-state index in [9.17, 15) is 18.7 Å². The number of likely N-dealkylation sites (tertiary alicyclic amines) is 1. The van der Waals surface area contributed by atoms with Crippen LogP contribution in [0.3, 0.4) is 0 Å². The summed E-state index contributed by atoms with van der Waals surface area (Å²) in [6, 6.07) is 11.3. The fourth-order valence-electron chi connectivity index (χ4n) is 4.80.